The third-order valence-electron chi connectivity index (χ3n) is 4.23. The number of rotatable bonds is 5. The molecule has 0 radical (unpaired) electrons. The fourth-order valence-electron chi connectivity index (χ4n) is 2.95. The van der Waals surface area contributed by atoms with Crippen molar-refractivity contribution in [3.05, 3.63) is 69.9 Å². The average molecular weight is 382 g/mol. The van der Waals surface area contributed by atoms with Crippen molar-refractivity contribution in [1.29, 1.82) is 0 Å². The van der Waals surface area contributed by atoms with Crippen LogP contribution in [0.5, 0.6) is 5.75 Å². The Morgan fingerprint density at radius 1 is 1.14 bits per heavy atom. The van der Waals surface area contributed by atoms with Crippen LogP contribution < -0.4 is 4.74 Å². The summed E-state index contributed by atoms with van der Waals surface area (Å²) < 4.78 is 12.8. The van der Waals surface area contributed by atoms with E-state index in [-0.39, 0.29) is 5.69 Å². The Morgan fingerprint density at radius 2 is 1.89 bits per heavy atom. The van der Waals surface area contributed by atoms with Gasteiger partial charge in [-0.25, -0.2) is 4.79 Å². The van der Waals surface area contributed by atoms with Crippen LogP contribution in [-0.4, -0.2) is 28.2 Å². The second-order valence-corrected chi connectivity index (χ2v) is 7.47. The monoisotopic (exact) mass is 382 g/mol. The van der Waals surface area contributed by atoms with Gasteiger partial charge in [-0.1, -0.05) is 6.07 Å². The zero-order valence-corrected chi connectivity index (χ0v) is 16.3. The summed E-state index contributed by atoms with van der Waals surface area (Å²) in [5, 5.41) is 12.0. The Hall–Kier alpha value is -3.35. The lowest BCUT2D eigenvalue weighted by molar-refractivity contribution is -0.384. The maximum absolute atomic E-state index is 12.3. The molecule has 146 valence electrons. The highest BCUT2D eigenvalue weighted by Crippen LogP contribution is 2.27. The number of methoxy groups -OCH3 is 1. The molecule has 0 atom stereocenters. The van der Waals surface area contributed by atoms with Gasteiger partial charge in [-0.2, -0.15) is 0 Å². The van der Waals surface area contributed by atoms with E-state index in [1.165, 1.54) is 13.2 Å². The number of esters is 1. The smallest absolute Gasteiger partial charge is 0.338 e. The Balaban J connectivity index is 1.92. The van der Waals surface area contributed by atoms with Gasteiger partial charge in [-0.3, -0.25) is 10.1 Å². The molecule has 0 N–H and O–H groups in total. The number of hydrogen-bond donors (Lipinski definition) is 0. The van der Waals surface area contributed by atoms with Crippen LogP contribution in [0, 0.1) is 10.1 Å². The quantitative estimate of drug-likeness (QED) is 0.367. The van der Waals surface area contributed by atoms with Crippen molar-refractivity contribution >= 4 is 22.6 Å². The fraction of sp³-hybridized carbons (Fsp3) is 0.286. The van der Waals surface area contributed by atoms with Crippen molar-refractivity contribution in [2.75, 3.05) is 7.11 Å². The molecule has 28 heavy (non-hydrogen) atoms. The van der Waals surface area contributed by atoms with Crippen molar-refractivity contribution < 1.29 is 19.2 Å². The van der Waals surface area contributed by atoms with E-state index < -0.39 is 16.5 Å². The number of benzene rings is 2. The molecule has 0 aliphatic carbocycles. The van der Waals surface area contributed by atoms with E-state index in [0.29, 0.717) is 17.9 Å². The number of nitro groups is 1. The number of carbonyl (C=O) groups excluding carboxylic acids is 1. The summed E-state index contributed by atoms with van der Waals surface area (Å²) in [7, 11) is 1.54. The molecule has 1 aromatic heterocycles. The Kier molecular flexibility index (Phi) is 5.09. The van der Waals surface area contributed by atoms with Gasteiger partial charge in [0.2, 0.25) is 0 Å². The number of non-ortho nitro benzene ring substituents is 1. The number of hydrogen-bond acceptors (Lipinski definition) is 5. The average Bonchev–Trinajstić information content (AvgIpc) is 3.02. The van der Waals surface area contributed by atoms with Crippen LogP contribution >= 0.6 is 0 Å². The predicted molar refractivity (Wildman–Crippen MR) is 106 cm³/mol. The van der Waals surface area contributed by atoms with E-state index in [1.807, 2.05) is 37.6 Å². The van der Waals surface area contributed by atoms with E-state index in [4.69, 9.17) is 9.47 Å². The first-order valence-corrected chi connectivity index (χ1v) is 8.81. The Labute approximate surface area is 162 Å². The molecule has 0 amide bonds. The van der Waals surface area contributed by atoms with Gasteiger partial charge in [0.15, 0.2) is 0 Å². The molecule has 3 aromatic rings. The molecule has 3 rings (SSSR count). The molecular weight excluding hydrogens is 360 g/mol. The first-order chi connectivity index (χ1) is 13.2. The Bertz CT molecular complexity index is 1050. The molecular formula is C21H22N2O5. The predicted octanol–water partition coefficient (Wildman–Crippen LogP) is 4.56. The van der Waals surface area contributed by atoms with Crippen LogP contribution in [0.3, 0.4) is 0 Å². The molecule has 0 unspecified atom stereocenters. The maximum Gasteiger partial charge on any atom is 0.338 e. The highest BCUT2D eigenvalue weighted by atomic mass is 16.6. The van der Waals surface area contributed by atoms with Gasteiger partial charge in [0, 0.05) is 29.3 Å². The molecule has 0 spiro atoms. The molecule has 7 heteroatoms. The molecule has 7 nitrogen and oxygen atoms in total. The number of nitro benzene ring substituents is 1. The maximum atomic E-state index is 12.3. The minimum absolute atomic E-state index is 0.0414. The van der Waals surface area contributed by atoms with Crippen LogP contribution in [-0.2, 0) is 11.3 Å². The molecule has 0 saturated carbocycles. The zero-order valence-electron chi connectivity index (χ0n) is 16.3. The van der Waals surface area contributed by atoms with Gasteiger partial charge >= 0.3 is 5.97 Å². The summed E-state index contributed by atoms with van der Waals surface area (Å²) in [5.41, 5.74) is 1.47. The van der Waals surface area contributed by atoms with E-state index in [1.54, 1.807) is 30.3 Å². The van der Waals surface area contributed by atoms with Crippen LogP contribution in [0.1, 0.15) is 36.7 Å². The highest BCUT2D eigenvalue weighted by molar-refractivity contribution is 5.90. The summed E-state index contributed by atoms with van der Waals surface area (Å²) in [5.74, 6) is 0.134. The summed E-state index contributed by atoms with van der Waals surface area (Å²) >= 11 is 0. The van der Waals surface area contributed by atoms with E-state index in [9.17, 15) is 14.9 Å². The summed E-state index contributed by atoms with van der Waals surface area (Å²) in [6.07, 6.45) is 1.87. The third kappa shape index (κ3) is 4.14. The molecule has 1 heterocycles. The molecule has 0 fully saturated rings. The lowest BCUT2D eigenvalue weighted by Crippen LogP contribution is -2.23. The number of ether oxygens (including phenoxy) is 2. The van der Waals surface area contributed by atoms with E-state index in [0.717, 1.165) is 16.5 Å². The summed E-state index contributed by atoms with van der Waals surface area (Å²) in [6.45, 7) is 5.88. The summed E-state index contributed by atoms with van der Waals surface area (Å²) in [4.78, 5) is 22.9. The fourth-order valence-corrected chi connectivity index (χ4v) is 2.95. The first-order valence-electron chi connectivity index (χ1n) is 8.81. The standard InChI is InChI=1S/C21H22N2O5/c1-21(2,3)28-20(24)15-5-6-16(19(11-15)27-4)13-22-10-9-14-7-8-17(23(25)26)12-18(14)22/h5-12H,13H2,1-4H3. The first kappa shape index (κ1) is 19.4. The van der Waals surface area contributed by atoms with Crippen LogP contribution in [0.4, 0.5) is 5.69 Å². The largest absolute Gasteiger partial charge is 0.496 e. The second-order valence-electron chi connectivity index (χ2n) is 7.47. The highest BCUT2D eigenvalue weighted by Gasteiger charge is 2.19. The van der Waals surface area contributed by atoms with Gasteiger partial charge in [-0.05, 0) is 45.0 Å². The van der Waals surface area contributed by atoms with Gasteiger partial charge in [0.05, 0.1) is 29.7 Å². The molecule has 2 aromatic carbocycles. The summed E-state index contributed by atoms with van der Waals surface area (Å²) in [6, 6.07) is 11.8. The van der Waals surface area contributed by atoms with Crippen molar-refractivity contribution in [3.63, 3.8) is 0 Å². The van der Waals surface area contributed by atoms with Crippen molar-refractivity contribution in [2.24, 2.45) is 0 Å². The van der Waals surface area contributed by atoms with Gasteiger partial charge < -0.3 is 14.0 Å². The lowest BCUT2D eigenvalue weighted by atomic mass is 10.1. The topological polar surface area (TPSA) is 83.6 Å². The Morgan fingerprint density at radius 3 is 2.54 bits per heavy atom. The SMILES string of the molecule is COc1cc(C(=O)OC(C)(C)C)ccc1Cn1ccc2ccc([N+](=O)[O-])cc21. The number of fused-ring (bicyclic) bond motifs is 1. The number of aromatic nitrogens is 1. The molecule has 0 bridgehead atoms. The second kappa shape index (κ2) is 7.34. The van der Waals surface area contributed by atoms with Gasteiger partial charge in [0.25, 0.3) is 5.69 Å². The van der Waals surface area contributed by atoms with Gasteiger partial charge in [0.1, 0.15) is 11.4 Å². The van der Waals surface area contributed by atoms with Gasteiger partial charge in [-0.15, -0.1) is 0 Å². The molecule has 0 aliphatic heterocycles. The minimum Gasteiger partial charge on any atom is -0.496 e. The van der Waals surface area contributed by atoms with Crippen molar-refractivity contribution in [3.8, 4) is 5.75 Å². The van der Waals surface area contributed by atoms with E-state index in [2.05, 4.69) is 0 Å². The molecule has 0 aliphatic rings. The zero-order chi connectivity index (χ0) is 20.5. The number of carbonyl (C=O) groups is 1. The van der Waals surface area contributed by atoms with Crippen molar-refractivity contribution in [1.82, 2.24) is 4.57 Å². The van der Waals surface area contributed by atoms with Crippen LogP contribution in [0.15, 0.2) is 48.7 Å². The molecule has 0 saturated heterocycles. The number of nitrogens with zero attached hydrogens (tertiary/aromatic N) is 2. The lowest BCUT2D eigenvalue weighted by Gasteiger charge is -2.20. The van der Waals surface area contributed by atoms with Crippen LogP contribution in [0.2, 0.25) is 0 Å². The normalized spacial score (nSPS) is 11.4. The van der Waals surface area contributed by atoms with E-state index >= 15 is 0 Å². The third-order valence-corrected chi connectivity index (χ3v) is 4.23. The van der Waals surface area contributed by atoms with Crippen LogP contribution in [0.25, 0.3) is 10.9 Å². The van der Waals surface area contributed by atoms with Crippen molar-refractivity contribution in [2.45, 2.75) is 32.9 Å². The minimum atomic E-state index is -0.582.